The third-order valence-electron chi connectivity index (χ3n) is 8.72. The van der Waals surface area contributed by atoms with Crippen molar-refractivity contribution in [2.45, 2.75) is 70.2 Å². The maximum absolute atomic E-state index is 2.92. The quantitative estimate of drug-likeness (QED) is 0.435. The molecule has 0 radical (unpaired) electrons. The number of para-hydroxylation sites is 1. The normalized spacial score (nSPS) is 30.0. The van der Waals surface area contributed by atoms with E-state index in [1.54, 1.807) is 11.1 Å². The lowest BCUT2D eigenvalue weighted by Crippen LogP contribution is -2.46. The Morgan fingerprint density at radius 2 is 1.47 bits per heavy atom. The van der Waals surface area contributed by atoms with Gasteiger partial charge < -0.3 is 4.90 Å². The predicted molar refractivity (Wildman–Crippen MR) is 133 cm³/mol. The van der Waals surface area contributed by atoms with Crippen LogP contribution in [0.15, 0.2) is 78.9 Å². The summed E-state index contributed by atoms with van der Waals surface area (Å²) < 4.78 is 0. The van der Waals surface area contributed by atoms with Crippen LogP contribution >= 0.6 is 0 Å². The van der Waals surface area contributed by atoms with E-state index in [4.69, 9.17) is 0 Å². The Labute approximate surface area is 192 Å². The van der Waals surface area contributed by atoms with Gasteiger partial charge in [0.2, 0.25) is 0 Å². The Bertz CT molecular complexity index is 1120. The summed E-state index contributed by atoms with van der Waals surface area (Å²) in [5, 5.41) is 0. The first-order valence-electron chi connectivity index (χ1n) is 12.4. The van der Waals surface area contributed by atoms with Crippen LogP contribution < -0.4 is 4.90 Å². The van der Waals surface area contributed by atoms with Crippen molar-refractivity contribution < 1.29 is 0 Å². The standard InChI is InChI=1S/C30H34N2/c1-21-13-7-12-20-27(21)31-22(2)28-25-18-10-11-19-26(25)30(3,24-16-8-9-17-24)32(28)29(31)23-14-5-4-6-15-23/h4-7,10-15,18-20,22,24,28-29H,8-9,16-17H2,1-3H3/t22-,28?,29?,30?/m0/s1. The van der Waals surface area contributed by atoms with Crippen LogP contribution in [-0.2, 0) is 5.54 Å². The fraction of sp³-hybridized carbons (Fsp3) is 0.400. The first-order valence-corrected chi connectivity index (χ1v) is 12.4. The van der Waals surface area contributed by atoms with Gasteiger partial charge in [0.1, 0.15) is 6.17 Å². The molecule has 2 nitrogen and oxygen atoms in total. The summed E-state index contributed by atoms with van der Waals surface area (Å²) in [7, 11) is 0. The van der Waals surface area contributed by atoms with Crippen molar-refractivity contribution >= 4 is 5.69 Å². The highest BCUT2D eigenvalue weighted by Gasteiger charge is 2.61. The maximum Gasteiger partial charge on any atom is 0.110 e. The third-order valence-corrected chi connectivity index (χ3v) is 8.72. The van der Waals surface area contributed by atoms with Crippen LogP contribution in [0.2, 0.25) is 0 Å². The molecule has 0 N–H and O–H groups in total. The summed E-state index contributed by atoms with van der Waals surface area (Å²) in [6.45, 7) is 7.27. The second kappa shape index (κ2) is 7.49. The molecule has 32 heavy (non-hydrogen) atoms. The number of benzene rings is 3. The molecule has 3 aromatic rings. The van der Waals surface area contributed by atoms with Gasteiger partial charge >= 0.3 is 0 Å². The summed E-state index contributed by atoms with van der Waals surface area (Å²) in [6.07, 6.45) is 5.65. The van der Waals surface area contributed by atoms with E-state index >= 15 is 0 Å². The number of nitrogens with zero attached hydrogens (tertiary/aromatic N) is 2. The molecule has 1 aliphatic carbocycles. The van der Waals surface area contributed by atoms with E-state index in [1.165, 1.54) is 42.5 Å². The molecule has 164 valence electrons. The number of hydrogen-bond donors (Lipinski definition) is 0. The summed E-state index contributed by atoms with van der Waals surface area (Å²) in [4.78, 5) is 5.64. The Morgan fingerprint density at radius 3 is 2.22 bits per heavy atom. The van der Waals surface area contributed by atoms with Crippen LogP contribution in [0.4, 0.5) is 5.69 Å². The number of hydrogen-bond acceptors (Lipinski definition) is 2. The zero-order valence-electron chi connectivity index (χ0n) is 19.5. The summed E-state index contributed by atoms with van der Waals surface area (Å²) in [6, 6.07) is 30.3. The number of fused-ring (bicyclic) bond motifs is 3. The molecule has 6 rings (SSSR count). The van der Waals surface area contributed by atoms with E-state index in [9.17, 15) is 0 Å². The topological polar surface area (TPSA) is 6.48 Å². The smallest absolute Gasteiger partial charge is 0.110 e. The molecular formula is C30H34N2. The summed E-state index contributed by atoms with van der Waals surface area (Å²) >= 11 is 0. The highest BCUT2D eigenvalue weighted by molar-refractivity contribution is 5.60. The van der Waals surface area contributed by atoms with E-state index < -0.39 is 0 Å². The molecule has 3 unspecified atom stereocenters. The first kappa shape index (κ1) is 20.1. The van der Waals surface area contributed by atoms with Gasteiger partial charge in [-0.2, -0.15) is 0 Å². The molecule has 1 saturated carbocycles. The van der Waals surface area contributed by atoms with Crippen molar-refractivity contribution in [3.63, 3.8) is 0 Å². The number of rotatable bonds is 3. The van der Waals surface area contributed by atoms with E-state index in [1.807, 2.05) is 0 Å². The maximum atomic E-state index is 2.92. The van der Waals surface area contributed by atoms with Crippen molar-refractivity contribution in [1.82, 2.24) is 4.90 Å². The average molecular weight is 423 g/mol. The lowest BCUT2D eigenvalue weighted by atomic mass is 9.77. The van der Waals surface area contributed by atoms with Crippen molar-refractivity contribution in [2.75, 3.05) is 4.90 Å². The summed E-state index contributed by atoms with van der Waals surface area (Å²) in [5.41, 5.74) is 7.32. The van der Waals surface area contributed by atoms with Crippen LogP contribution in [0.1, 0.15) is 74.0 Å². The van der Waals surface area contributed by atoms with Crippen LogP contribution in [0, 0.1) is 12.8 Å². The zero-order valence-corrected chi connectivity index (χ0v) is 19.5. The van der Waals surface area contributed by atoms with Gasteiger partial charge in [-0.3, -0.25) is 4.90 Å². The van der Waals surface area contributed by atoms with Gasteiger partial charge in [-0.05, 0) is 67.9 Å². The SMILES string of the molecule is Cc1ccccc1N1C(c2ccccc2)N2C(c3ccccc3C2(C)C2CCCC2)[C@@H]1C. The minimum absolute atomic E-state index is 0.0595. The van der Waals surface area contributed by atoms with Crippen molar-refractivity contribution in [3.8, 4) is 0 Å². The highest BCUT2D eigenvalue weighted by atomic mass is 15.5. The molecule has 0 aromatic heterocycles. The lowest BCUT2D eigenvalue weighted by molar-refractivity contribution is 0.0204. The Kier molecular flexibility index (Phi) is 4.69. The van der Waals surface area contributed by atoms with E-state index in [0.717, 1.165) is 0 Å². The average Bonchev–Trinajstić information content (AvgIpc) is 3.52. The van der Waals surface area contributed by atoms with Crippen molar-refractivity contribution in [3.05, 3.63) is 101 Å². The van der Waals surface area contributed by atoms with Gasteiger partial charge in [-0.25, -0.2) is 0 Å². The van der Waals surface area contributed by atoms with Crippen LogP contribution in [-0.4, -0.2) is 10.9 Å². The third kappa shape index (κ3) is 2.69. The lowest BCUT2D eigenvalue weighted by Gasteiger charge is -2.46. The van der Waals surface area contributed by atoms with E-state index in [0.29, 0.717) is 18.0 Å². The van der Waals surface area contributed by atoms with Crippen LogP contribution in [0.25, 0.3) is 0 Å². The Balaban J connectivity index is 1.60. The molecule has 1 saturated heterocycles. The first-order chi connectivity index (χ1) is 15.6. The Hall–Kier alpha value is -2.58. The molecular weight excluding hydrogens is 388 g/mol. The Morgan fingerprint density at radius 1 is 0.812 bits per heavy atom. The van der Waals surface area contributed by atoms with Gasteiger partial charge in [0, 0.05) is 17.3 Å². The number of anilines is 1. The number of aryl methyl sites for hydroxylation is 1. The minimum Gasteiger partial charge on any atom is -0.347 e. The van der Waals surface area contributed by atoms with Crippen LogP contribution in [0.5, 0.6) is 0 Å². The second-order valence-electron chi connectivity index (χ2n) is 10.3. The molecule has 2 heterocycles. The molecule has 2 aliphatic heterocycles. The molecule has 0 spiro atoms. The van der Waals surface area contributed by atoms with Gasteiger partial charge in [-0.15, -0.1) is 0 Å². The zero-order chi connectivity index (χ0) is 21.9. The second-order valence-corrected chi connectivity index (χ2v) is 10.3. The van der Waals surface area contributed by atoms with Gasteiger partial charge in [0.15, 0.2) is 0 Å². The largest absolute Gasteiger partial charge is 0.347 e. The molecule has 3 aromatic carbocycles. The molecule has 0 bridgehead atoms. The van der Waals surface area contributed by atoms with Gasteiger partial charge in [0.25, 0.3) is 0 Å². The molecule has 2 heteroatoms. The van der Waals surface area contributed by atoms with Gasteiger partial charge in [-0.1, -0.05) is 85.6 Å². The van der Waals surface area contributed by atoms with Gasteiger partial charge in [0.05, 0.1) is 6.04 Å². The molecule has 3 aliphatic rings. The molecule has 0 amide bonds. The van der Waals surface area contributed by atoms with Crippen molar-refractivity contribution in [2.24, 2.45) is 5.92 Å². The summed E-state index contributed by atoms with van der Waals surface area (Å²) in [5.74, 6) is 0.712. The molecule has 2 fully saturated rings. The predicted octanol–water partition coefficient (Wildman–Crippen LogP) is 7.36. The minimum atomic E-state index is 0.0595. The van der Waals surface area contributed by atoms with Crippen molar-refractivity contribution in [1.29, 1.82) is 0 Å². The molecule has 4 atom stereocenters. The van der Waals surface area contributed by atoms with E-state index in [-0.39, 0.29) is 11.7 Å². The van der Waals surface area contributed by atoms with Crippen LogP contribution in [0.3, 0.4) is 0 Å². The fourth-order valence-corrected chi connectivity index (χ4v) is 7.27. The monoisotopic (exact) mass is 422 g/mol. The fourth-order valence-electron chi connectivity index (χ4n) is 7.27. The highest BCUT2D eigenvalue weighted by Crippen LogP contribution is 2.63. The van der Waals surface area contributed by atoms with E-state index in [2.05, 4.69) is 109 Å².